The van der Waals surface area contributed by atoms with Crippen LogP contribution in [0.1, 0.15) is 12.8 Å². The van der Waals surface area contributed by atoms with Crippen LogP contribution in [-0.2, 0) is 14.8 Å². The van der Waals surface area contributed by atoms with E-state index in [9.17, 15) is 13.2 Å². The SMILES string of the molecule is O=C(Nc1nc(-c2ccc(-c3ccccc3)cc2)cs1)C1CCCN1S(=O)(=O)c1ccc(Cl)cc1. The van der Waals surface area contributed by atoms with Crippen LogP contribution in [0.2, 0.25) is 5.02 Å². The molecule has 6 nitrogen and oxygen atoms in total. The lowest BCUT2D eigenvalue weighted by atomic mass is 10.0. The minimum Gasteiger partial charge on any atom is -0.301 e. The predicted molar refractivity (Wildman–Crippen MR) is 140 cm³/mol. The standard InChI is InChI=1S/C26H22ClN3O3S2/c27-21-12-14-22(15-13-21)35(32,33)30-16-4-7-24(30)25(31)29-26-28-23(17-34-26)20-10-8-19(9-11-20)18-5-2-1-3-6-18/h1-3,5-6,8-15,17,24H,4,7,16H2,(H,28,29,31). The number of sulfonamides is 1. The quantitative estimate of drug-likeness (QED) is 0.340. The predicted octanol–water partition coefficient (Wildman–Crippen LogP) is 5.92. The second kappa shape index (κ2) is 9.91. The van der Waals surface area contributed by atoms with Crippen molar-refractivity contribution in [3.63, 3.8) is 0 Å². The van der Waals surface area contributed by atoms with Crippen LogP contribution >= 0.6 is 22.9 Å². The van der Waals surface area contributed by atoms with Crippen molar-refractivity contribution in [3.05, 3.63) is 89.3 Å². The minimum atomic E-state index is -3.81. The molecule has 35 heavy (non-hydrogen) atoms. The summed E-state index contributed by atoms with van der Waals surface area (Å²) in [7, 11) is -3.81. The first kappa shape index (κ1) is 23.7. The van der Waals surface area contributed by atoms with Crippen LogP contribution in [0.4, 0.5) is 5.13 Å². The number of nitrogens with zero attached hydrogens (tertiary/aromatic N) is 2. The molecule has 1 aliphatic rings. The minimum absolute atomic E-state index is 0.122. The normalized spacial score (nSPS) is 16.3. The van der Waals surface area contributed by atoms with Gasteiger partial charge in [-0.3, -0.25) is 4.79 Å². The number of nitrogens with one attached hydrogen (secondary N) is 1. The van der Waals surface area contributed by atoms with Crippen LogP contribution in [0.25, 0.3) is 22.4 Å². The maximum absolute atomic E-state index is 13.1. The maximum Gasteiger partial charge on any atom is 0.244 e. The van der Waals surface area contributed by atoms with E-state index in [0.717, 1.165) is 22.4 Å². The van der Waals surface area contributed by atoms with Gasteiger partial charge in [-0.25, -0.2) is 13.4 Å². The molecule has 1 amide bonds. The van der Waals surface area contributed by atoms with E-state index in [1.165, 1.54) is 39.9 Å². The molecule has 0 saturated carbocycles. The first-order valence-corrected chi connectivity index (χ1v) is 13.8. The topological polar surface area (TPSA) is 79.4 Å². The van der Waals surface area contributed by atoms with Crippen molar-refractivity contribution < 1.29 is 13.2 Å². The Labute approximate surface area is 213 Å². The van der Waals surface area contributed by atoms with Gasteiger partial charge in [0.15, 0.2) is 5.13 Å². The molecule has 4 aromatic rings. The number of thiazole rings is 1. The van der Waals surface area contributed by atoms with Crippen molar-refractivity contribution in [1.82, 2.24) is 9.29 Å². The second-order valence-corrected chi connectivity index (χ2v) is 11.4. The fraction of sp³-hybridized carbons (Fsp3) is 0.154. The number of hydrogen-bond donors (Lipinski definition) is 1. The highest BCUT2D eigenvalue weighted by Gasteiger charge is 2.39. The Morgan fingerprint density at radius 1 is 0.943 bits per heavy atom. The molecule has 1 saturated heterocycles. The van der Waals surface area contributed by atoms with Crippen molar-refractivity contribution in [3.8, 4) is 22.4 Å². The third-order valence-electron chi connectivity index (χ3n) is 5.95. The average Bonchev–Trinajstić information content (AvgIpc) is 3.56. The highest BCUT2D eigenvalue weighted by Crippen LogP contribution is 2.30. The van der Waals surface area contributed by atoms with Gasteiger partial charge in [-0.1, -0.05) is 66.2 Å². The monoisotopic (exact) mass is 523 g/mol. The van der Waals surface area contributed by atoms with Crippen LogP contribution in [0.5, 0.6) is 0 Å². The maximum atomic E-state index is 13.1. The van der Waals surface area contributed by atoms with Gasteiger partial charge in [-0.2, -0.15) is 4.31 Å². The molecule has 2 heterocycles. The van der Waals surface area contributed by atoms with E-state index >= 15 is 0 Å². The van der Waals surface area contributed by atoms with Gasteiger partial charge in [0.05, 0.1) is 10.6 Å². The molecular weight excluding hydrogens is 502 g/mol. The van der Waals surface area contributed by atoms with Crippen LogP contribution < -0.4 is 5.32 Å². The van der Waals surface area contributed by atoms with E-state index in [-0.39, 0.29) is 10.8 Å². The van der Waals surface area contributed by atoms with E-state index in [1.54, 1.807) is 0 Å². The third-order valence-corrected chi connectivity index (χ3v) is 8.88. The van der Waals surface area contributed by atoms with E-state index < -0.39 is 16.1 Å². The molecule has 0 radical (unpaired) electrons. The molecule has 5 rings (SSSR count). The first-order valence-electron chi connectivity index (χ1n) is 11.1. The molecule has 0 bridgehead atoms. The smallest absolute Gasteiger partial charge is 0.244 e. The van der Waals surface area contributed by atoms with E-state index in [1.807, 2.05) is 47.8 Å². The summed E-state index contributed by atoms with van der Waals surface area (Å²) in [5.41, 5.74) is 3.94. The molecule has 1 N–H and O–H groups in total. The summed E-state index contributed by atoms with van der Waals surface area (Å²) in [6.45, 7) is 0.292. The Kier molecular flexibility index (Phi) is 6.71. The lowest BCUT2D eigenvalue weighted by molar-refractivity contribution is -0.119. The van der Waals surface area contributed by atoms with E-state index in [4.69, 9.17) is 11.6 Å². The Balaban J connectivity index is 1.29. The van der Waals surface area contributed by atoms with Gasteiger partial charge >= 0.3 is 0 Å². The summed E-state index contributed by atoms with van der Waals surface area (Å²) in [6.07, 6.45) is 1.07. The molecule has 3 aromatic carbocycles. The number of hydrogen-bond acceptors (Lipinski definition) is 5. The molecular formula is C26H22ClN3O3S2. The molecule has 9 heteroatoms. The number of rotatable bonds is 6. The highest BCUT2D eigenvalue weighted by molar-refractivity contribution is 7.89. The Morgan fingerprint density at radius 2 is 1.60 bits per heavy atom. The molecule has 1 atom stereocenters. The van der Waals surface area contributed by atoms with Gasteiger partial charge in [-0.15, -0.1) is 11.3 Å². The largest absolute Gasteiger partial charge is 0.301 e. The van der Waals surface area contributed by atoms with Gasteiger partial charge in [0, 0.05) is 22.5 Å². The molecule has 1 fully saturated rings. The summed E-state index contributed by atoms with van der Waals surface area (Å²) in [5, 5.41) is 5.58. The van der Waals surface area contributed by atoms with Crippen molar-refractivity contribution >= 4 is 44.0 Å². The number of benzene rings is 3. The first-order chi connectivity index (χ1) is 16.9. The van der Waals surface area contributed by atoms with Crippen LogP contribution in [0, 0.1) is 0 Å². The summed E-state index contributed by atoms with van der Waals surface area (Å²) in [6, 6.07) is 23.4. The number of carbonyl (C=O) groups excluding carboxylic acids is 1. The molecule has 1 unspecified atom stereocenters. The van der Waals surface area contributed by atoms with Crippen LogP contribution in [0.15, 0.2) is 89.1 Å². The van der Waals surface area contributed by atoms with Gasteiger partial charge in [0.25, 0.3) is 0 Å². The van der Waals surface area contributed by atoms with Gasteiger partial charge < -0.3 is 5.32 Å². The van der Waals surface area contributed by atoms with Gasteiger partial charge in [-0.05, 0) is 48.2 Å². The summed E-state index contributed by atoms with van der Waals surface area (Å²) in [4.78, 5) is 17.7. The lowest BCUT2D eigenvalue weighted by Gasteiger charge is -2.23. The van der Waals surface area contributed by atoms with Crippen LogP contribution in [-0.4, -0.2) is 36.2 Å². The van der Waals surface area contributed by atoms with Gasteiger partial charge in [0.2, 0.25) is 15.9 Å². The van der Waals surface area contributed by atoms with Crippen molar-refractivity contribution in [2.75, 3.05) is 11.9 Å². The number of anilines is 1. The fourth-order valence-electron chi connectivity index (χ4n) is 4.15. The second-order valence-electron chi connectivity index (χ2n) is 8.20. The Morgan fingerprint density at radius 3 is 2.31 bits per heavy atom. The van der Waals surface area contributed by atoms with Crippen molar-refractivity contribution in [1.29, 1.82) is 0 Å². The highest BCUT2D eigenvalue weighted by atomic mass is 35.5. The lowest BCUT2D eigenvalue weighted by Crippen LogP contribution is -2.43. The van der Waals surface area contributed by atoms with E-state index in [0.29, 0.717) is 29.5 Å². The molecule has 1 aromatic heterocycles. The summed E-state index contributed by atoms with van der Waals surface area (Å²) < 4.78 is 27.5. The molecule has 178 valence electrons. The zero-order valence-corrected chi connectivity index (χ0v) is 21.0. The average molecular weight is 524 g/mol. The zero-order chi connectivity index (χ0) is 24.4. The molecule has 0 aliphatic carbocycles. The Bertz CT molecular complexity index is 1440. The third kappa shape index (κ3) is 5.01. The number of aromatic nitrogens is 1. The van der Waals surface area contributed by atoms with E-state index in [2.05, 4.69) is 22.4 Å². The fourth-order valence-corrected chi connectivity index (χ4v) is 6.65. The van der Waals surface area contributed by atoms with Gasteiger partial charge in [0.1, 0.15) is 6.04 Å². The van der Waals surface area contributed by atoms with Crippen LogP contribution in [0.3, 0.4) is 0 Å². The van der Waals surface area contributed by atoms with Crippen molar-refractivity contribution in [2.45, 2.75) is 23.8 Å². The summed E-state index contributed by atoms with van der Waals surface area (Å²) in [5.74, 6) is -0.375. The number of carbonyl (C=O) groups is 1. The zero-order valence-electron chi connectivity index (χ0n) is 18.6. The Hall–Kier alpha value is -3.04. The number of amides is 1. The van der Waals surface area contributed by atoms with Crippen molar-refractivity contribution in [2.24, 2.45) is 0 Å². The molecule has 0 spiro atoms. The molecule has 1 aliphatic heterocycles. The summed E-state index contributed by atoms with van der Waals surface area (Å²) >= 11 is 7.21. The number of halogens is 1.